The van der Waals surface area contributed by atoms with E-state index < -0.39 is 25.1 Å². The number of benzene rings is 10. The van der Waals surface area contributed by atoms with Crippen molar-refractivity contribution in [2.24, 2.45) is 0 Å². The number of ether oxygens (including phenoxy) is 2. The van der Waals surface area contributed by atoms with E-state index in [-0.39, 0.29) is 0 Å². The molecule has 0 bridgehead atoms. The molecule has 0 fully saturated rings. The highest BCUT2D eigenvalue weighted by molar-refractivity contribution is 7.88. The molecule has 2 unspecified atom stereocenters. The summed E-state index contributed by atoms with van der Waals surface area (Å²) in [6.07, 6.45) is 0. The fraction of sp³-hybridized carbons (Fsp3) is 0.0938. The van der Waals surface area contributed by atoms with Crippen molar-refractivity contribution in [3.8, 4) is 23.0 Å². The van der Waals surface area contributed by atoms with Crippen LogP contribution in [-0.2, 0) is 20.0 Å². The molecule has 0 saturated heterocycles. The predicted octanol–water partition coefficient (Wildman–Crippen LogP) is 14.7. The van der Waals surface area contributed by atoms with Crippen LogP contribution < -0.4 is 60.9 Å². The molecule has 10 aromatic rings. The van der Waals surface area contributed by atoms with Gasteiger partial charge in [0.05, 0.1) is 88.7 Å². The molecule has 0 aromatic heterocycles. The highest BCUT2D eigenvalue weighted by Crippen LogP contribution is 2.73. The highest BCUT2D eigenvalue weighted by Gasteiger charge is 2.60. The summed E-state index contributed by atoms with van der Waals surface area (Å²) in [5.74, 6) is 2.23. The summed E-state index contributed by atoms with van der Waals surface area (Å²) < 4.78 is 50.4. The van der Waals surface area contributed by atoms with E-state index in [0.717, 1.165) is 111 Å². The van der Waals surface area contributed by atoms with E-state index in [2.05, 4.69) is 217 Å². The Morgan fingerprint density at radius 2 is 0.676 bits per heavy atom. The Labute approximate surface area is 427 Å². The summed E-state index contributed by atoms with van der Waals surface area (Å²) in [6, 6.07) is 63.6. The van der Waals surface area contributed by atoms with Gasteiger partial charge in [-0.2, -0.15) is 0 Å². The Morgan fingerprint density at radius 1 is 0.324 bits per heavy atom. The third-order valence-electron chi connectivity index (χ3n) is 17.7. The van der Waals surface area contributed by atoms with Crippen LogP contribution in [0.3, 0.4) is 0 Å². The quantitative estimate of drug-likeness (QED) is 0.159. The summed E-state index contributed by atoms with van der Waals surface area (Å²) in [5, 5.41) is 6.02. The Balaban J connectivity index is 1.01. The second-order valence-corrected chi connectivity index (χ2v) is 27.0. The highest BCUT2D eigenvalue weighted by atomic mass is 31.2. The average Bonchev–Trinajstić information content (AvgIpc) is 3.42. The molecule has 8 heterocycles. The number of hydrogen-bond acceptors (Lipinski definition) is 8. The maximum atomic E-state index is 17.8. The Morgan fingerprint density at radius 3 is 1.09 bits per heavy atom. The van der Waals surface area contributed by atoms with Crippen LogP contribution in [0, 0.1) is 0 Å². The van der Waals surface area contributed by atoms with E-state index in [1.807, 2.05) is 12.1 Å². The SMILES string of the molecule is CC1(C)c2ccccc2N2c3cccc4c3P3(=O)c5c(ccc1c52)Oc1cc2c5c6c(cc2c(c13)N4c1ccccc1)Oc1ccc2c3c1P6(=O)c1c(cccc1N5c1ccccc1)N3c1ccccc1C2(C)C. The van der Waals surface area contributed by atoms with Gasteiger partial charge in [0.25, 0.3) is 0 Å². The van der Waals surface area contributed by atoms with E-state index in [0.29, 0.717) is 33.6 Å². The number of anilines is 12. The fourth-order valence-electron chi connectivity index (χ4n) is 14.7. The second kappa shape index (κ2) is 12.7. The van der Waals surface area contributed by atoms with Crippen LogP contribution in [0.4, 0.5) is 68.2 Å². The smallest absolute Gasteiger partial charge is 0.186 e. The standard InChI is InChI=1S/C64H42N4O4P2/c1-63(2)39-21-11-13-23-43(39)67-47-27-15-25-45-57(47)73(69)59-49(31-29-41(63)55(59)67)71-51-33-38-37(53(61(51)73)65(45)35-17-7-5-8-18-35)34-52-62-54(38)66(36-19-9-6-10-20-36)46-26-16-28-48-58(46)74(62,70)60-50(72-52)32-30-42-56(60)68(48)44-24-14-12-22-40(44)64(42,3)4/h5-34H,1-4H3. The largest absolute Gasteiger partial charge is 0.456 e. The van der Waals surface area contributed by atoms with Crippen LogP contribution in [0.2, 0.25) is 0 Å². The van der Waals surface area contributed by atoms with E-state index in [1.165, 1.54) is 11.1 Å². The van der Waals surface area contributed by atoms with Crippen molar-refractivity contribution in [3.63, 3.8) is 0 Å². The second-order valence-electron chi connectivity index (χ2n) is 21.9. The van der Waals surface area contributed by atoms with Gasteiger partial charge in [0.1, 0.15) is 23.0 Å². The van der Waals surface area contributed by atoms with Crippen molar-refractivity contribution < 1.29 is 18.6 Å². The normalized spacial score (nSPS) is 20.4. The Hall–Kier alpha value is -8.28. The van der Waals surface area contributed by atoms with Crippen molar-refractivity contribution in [3.05, 3.63) is 204 Å². The van der Waals surface area contributed by atoms with Gasteiger partial charge >= 0.3 is 0 Å². The number of nitrogens with zero attached hydrogens (tertiary/aromatic N) is 4. The lowest BCUT2D eigenvalue weighted by molar-refractivity contribution is 0.483. The first-order valence-corrected chi connectivity index (χ1v) is 28.8. The molecular formula is C64H42N4O4P2. The summed E-state index contributed by atoms with van der Waals surface area (Å²) in [6.45, 7) is 9.09. The number of hydrogen-bond donors (Lipinski definition) is 0. The maximum absolute atomic E-state index is 17.8. The third kappa shape index (κ3) is 4.22. The molecule has 8 aliphatic rings. The van der Waals surface area contributed by atoms with Crippen LogP contribution in [-0.4, -0.2) is 0 Å². The van der Waals surface area contributed by atoms with E-state index in [1.54, 1.807) is 0 Å². The molecule has 2 atom stereocenters. The molecule has 8 nitrogen and oxygen atoms in total. The average molecular weight is 993 g/mol. The van der Waals surface area contributed by atoms with Crippen LogP contribution in [0.1, 0.15) is 49.9 Å². The first kappa shape index (κ1) is 40.2. The zero-order chi connectivity index (χ0) is 49.1. The molecular weight excluding hydrogens is 951 g/mol. The van der Waals surface area contributed by atoms with Crippen molar-refractivity contribution in [2.75, 3.05) is 19.6 Å². The Bertz CT molecular complexity index is 4210. The van der Waals surface area contributed by atoms with Gasteiger partial charge in [-0.25, -0.2) is 0 Å². The summed E-state index contributed by atoms with van der Waals surface area (Å²) >= 11 is 0. The van der Waals surface area contributed by atoms with Gasteiger partial charge in [0.2, 0.25) is 0 Å². The van der Waals surface area contributed by atoms with Gasteiger partial charge in [-0.1, -0.05) is 125 Å². The van der Waals surface area contributed by atoms with Gasteiger partial charge in [-0.3, -0.25) is 0 Å². The molecule has 0 spiro atoms. The number of rotatable bonds is 2. The molecule has 0 radical (unpaired) electrons. The summed E-state index contributed by atoms with van der Waals surface area (Å²) in [5.41, 5.74) is 14.7. The molecule has 0 amide bonds. The lowest BCUT2D eigenvalue weighted by Gasteiger charge is -2.52. The minimum atomic E-state index is -3.77. The van der Waals surface area contributed by atoms with E-state index in [9.17, 15) is 0 Å². The topological polar surface area (TPSA) is 65.6 Å². The molecule has 74 heavy (non-hydrogen) atoms. The van der Waals surface area contributed by atoms with Crippen LogP contribution in [0.25, 0.3) is 10.8 Å². The molecule has 0 aliphatic carbocycles. The van der Waals surface area contributed by atoms with Gasteiger partial charge in [0, 0.05) is 33.0 Å². The number of para-hydroxylation sites is 4. The van der Waals surface area contributed by atoms with Crippen LogP contribution in [0.15, 0.2) is 182 Å². The molecule has 0 saturated carbocycles. The predicted molar refractivity (Wildman–Crippen MR) is 300 cm³/mol. The van der Waals surface area contributed by atoms with Gasteiger partial charge in [0.15, 0.2) is 14.3 Å². The lowest BCUT2D eigenvalue weighted by atomic mass is 9.73. The molecule has 10 heteroatoms. The molecule has 0 N–H and O–H groups in total. The Kier molecular flexibility index (Phi) is 6.92. The zero-order valence-corrected chi connectivity index (χ0v) is 42.4. The van der Waals surface area contributed by atoms with Crippen molar-refractivity contribution in [1.82, 2.24) is 0 Å². The minimum absolute atomic E-state index is 0.400. The van der Waals surface area contributed by atoms with E-state index >= 15 is 9.13 Å². The fourth-order valence-corrected chi connectivity index (χ4v) is 21.8. The van der Waals surface area contributed by atoms with Crippen molar-refractivity contribution >= 4 is 125 Å². The summed E-state index contributed by atoms with van der Waals surface area (Å²) in [7, 11) is -7.54. The molecule has 8 aliphatic heterocycles. The van der Waals surface area contributed by atoms with Gasteiger partial charge in [-0.05, 0) is 107 Å². The molecule has 18 rings (SSSR count). The lowest BCUT2D eigenvalue weighted by Crippen LogP contribution is -2.48. The first-order valence-electron chi connectivity index (χ1n) is 25.4. The number of fused-ring (bicyclic) bond motifs is 9. The minimum Gasteiger partial charge on any atom is -0.456 e. The monoisotopic (exact) mass is 992 g/mol. The summed E-state index contributed by atoms with van der Waals surface area (Å²) in [4.78, 5) is 9.30. The van der Waals surface area contributed by atoms with Crippen molar-refractivity contribution in [2.45, 2.75) is 38.5 Å². The van der Waals surface area contributed by atoms with Crippen LogP contribution >= 0.6 is 14.3 Å². The van der Waals surface area contributed by atoms with Crippen LogP contribution in [0.5, 0.6) is 23.0 Å². The first-order chi connectivity index (χ1) is 36.0. The zero-order valence-electron chi connectivity index (χ0n) is 40.6. The third-order valence-corrected chi connectivity index (χ3v) is 24.1. The van der Waals surface area contributed by atoms with Crippen molar-refractivity contribution in [1.29, 1.82) is 0 Å². The van der Waals surface area contributed by atoms with E-state index in [4.69, 9.17) is 9.47 Å². The van der Waals surface area contributed by atoms with Gasteiger partial charge in [-0.15, -0.1) is 0 Å². The van der Waals surface area contributed by atoms with Gasteiger partial charge < -0.3 is 38.2 Å². The molecule has 352 valence electrons. The molecule has 10 aromatic carbocycles. The maximum Gasteiger partial charge on any atom is 0.186 e.